The zero-order valence-electron chi connectivity index (χ0n) is 20.8. The van der Waals surface area contributed by atoms with Crippen LogP contribution in [0.25, 0.3) is 22.0 Å². The minimum Gasteiger partial charge on any atom is -0.361 e. The molecule has 0 aliphatic carbocycles. The third-order valence-electron chi connectivity index (χ3n) is 7.87. The first kappa shape index (κ1) is 23.8. The fourth-order valence-corrected chi connectivity index (χ4v) is 6.60. The summed E-state index contributed by atoms with van der Waals surface area (Å²) in [4.78, 5) is 3.82. The summed E-state index contributed by atoms with van der Waals surface area (Å²) in [5.41, 5.74) is 6.04. The second kappa shape index (κ2) is 9.29. The maximum atomic E-state index is 13.3. The van der Waals surface area contributed by atoms with Gasteiger partial charge in [0.15, 0.2) is 0 Å². The normalized spacial score (nSPS) is 16.1. The lowest BCUT2D eigenvalue weighted by molar-refractivity contribution is 0.320. The van der Waals surface area contributed by atoms with Crippen LogP contribution in [0.2, 0.25) is 0 Å². The molecule has 182 valence electrons. The van der Waals surface area contributed by atoms with Crippen molar-refractivity contribution in [3.63, 3.8) is 0 Å². The Balaban J connectivity index is 1.33. The standard InChI is InChI=1S/C30H34N2O2S/c1-4-30(2,3)25-11-13-26(14-12-25)35(33,34)32-18-16-23(17-19-32)28-21-31-29-15-10-24(20-27(28)29)22-8-6-5-7-9-22/h5-15,20-21,23,31H,4,16-19H2,1-3H3. The molecule has 35 heavy (non-hydrogen) atoms. The highest BCUT2D eigenvalue weighted by atomic mass is 32.2. The molecule has 4 aromatic rings. The Morgan fingerprint density at radius 1 is 0.914 bits per heavy atom. The van der Waals surface area contributed by atoms with E-state index in [1.807, 2.05) is 18.2 Å². The maximum absolute atomic E-state index is 13.3. The van der Waals surface area contributed by atoms with Crippen molar-refractivity contribution in [3.05, 3.63) is 90.1 Å². The van der Waals surface area contributed by atoms with E-state index in [0.717, 1.165) is 24.8 Å². The zero-order valence-corrected chi connectivity index (χ0v) is 21.6. The average Bonchev–Trinajstić information content (AvgIpc) is 3.32. The van der Waals surface area contributed by atoms with Gasteiger partial charge in [0.2, 0.25) is 10.0 Å². The predicted octanol–water partition coefficient (Wildman–Crippen LogP) is 7.09. The number of H-pyrrole nitrogens is 1. The van der Waals surface area contributed by atoms with E-state index in [9.17, 15) is 8.42 Å². The fourth-order valence-electron chi connectivity index (χ4n) is 5.13. The summed E-state index contributed by atoms with van der Waals surface area (Å²) in [5, 5.41) is 1.24. The van der Waals surface area contributed by atoms with Crippen LogP contribution in [0.3, 0.4) is 0 Å². The molecule has 1 aromatic heterocycles. The summed E-state index contributed by atoms with van der Waals surface area (Å²) in [6, 6.07) is 24.5. The van der Waals surface area contributed by atoms with E-state index in [2.05, 4.69) is 74.4 Å². The maximum Gasteiger partial charge on any atom is 0.243 e. The van der Waals surface area contributed by atoms with Gasteiger partial charge in [0.25, 0.3) is 0 Å². The Morgan fingerprint density at radius 2 is 1.60 bits per heavy atom. The third kappa shape index (κ3) is 4.55. The zero-order chi connectivity index (χ0) is 24.6. The predicted molar refractivity (Wildman–Crippen MR) is 144 cm³/mol. The largest absolute Gasteiger partial charge is 0.361 e. The number of nitrogens with one attached hydrogen (secondary N) is 1. The molecule has 0 radical (unpaired) electrons. The number of hydrogen-bond donors (Lipinski definition) is 1. The van der Waals surface area contributed by atoms with E-state index in [-0.39, 0.29) is 5.41 Å². The van der Waals surface area contributed by atoms with E-state index < -0.39 is 10.0 Å². The summed E-state index contributed by atoms with van der Waals surface area (Å²) in [5.74, 6) is 0.342. The molecule has 1 aliphatic rings. The third-order valence-corrected chi connectivity index (χ3v) is 9.78. The molecule has 5 rings (SSSR count). The SMILES string of the molecule is CCC(C)(C)c1ccc(S(=O)(=O)N2CCC(c3c[nH]c4ccc(-c5ccccc5)cc34)CC2)cc1. The van der Waals surface area contributed by atoms with Gasteiger partial charge >= 0.3 is 0 Å². The Morgan fingerprint density at radius 3 is 2.26 bits per heavy atom. The van der Waals surface area contributed by atoms with Gasteiger partial charge in [0, 0.05) is 30.2 Å². The van der Waals surface area contributed by atoms with Gasteiger partial charge in [-0.25, -0.2) is 8.42 Å². The summed E-state index contributed by atoms with van der Waals surface area (Å²) >= 11 is 0. The number of rotatable bonds is 6. The Hall–Kier alpha value is -2.89. The van der Waals surface area contributed by atoms with Gasteiger partial charge in [0.05, 0.1) is 4.90 Å². The topological polar surface area (TPSA) is 53.2 Å². The van der Waals surface area contributed by atoms with Gasteiger partial charge in [-0.15, -0.1) is 0 Å². The van der Waals surface area contributed by atoms with Crippen molar-refractivity contribution >= 4 is 20.9 Å². The number of hydrogen-bond acceptors (Lipinski definition) is 2. The lowest BCUT2D eigenvalue weighted by Crippen LogP contribution is -2.37. The minimum atomic E-state index is -3.48. The molecular weight excluding hydrogens is 452 g/mol. The summed E-state index contributed by atoms with van der Waals surface area (Å²) in [6.45, 7) is 7.62. The van der Waals surface area contributed by atoms with Crippen molar-refractivity contribution in [2.45, 2.75) is 56.3 Å². The van der Waals surface area contributed by atoms with E-state index >= 15 is 0 Å². The quantitative estimate of drug-likeness (QED) is 0.316. The van der Waals surface area contributed by atoms with E-state index in [0.29, 0.717) is 23.9 Å². The van der Waals surface area contributed by atoms with E-state index in [1.165, 1.54) is 27.6 Å². The Labute approximate surface area is 209 Å². The molecule has 1 N–H and O–H groups in total. The van der Waals surface area contributed by atoms with Gasteiger partial charge in [-0.2, -0.15) is 4.31 Å². The second-order valence-corrected chi connectivity index (χ2v) is 12.2. The average molecular weight is 487 g/mol. The van der Waals surface area contributed by atoms with Crippen LogP contribution in [0.5, 0.6) is 0 Å². The van der Waals surface area contributed by atoms with Gasteiger partial charge in [-0.05, 0) is 77.1 Å². The van der Waals surface area contributed by atoms with Crippen LogP contribution in [-0.2, 0) is 15.4 Å². The van der Waals surface area contributed by atoms with Crippen LogP contribution in [-0.4, -0.2) is 30.8 Å². The lowest BCUT2D eigenvalue weighted by atomic mass is 9.82. The van der Waals surface area contributed by atoms with Gasteiger partial charge in [-0.3, -0.25) is 0 Å². The first-order chi connectivity index (χ1) is 16.8. The highest BCUT2D eigenvalue weighted by molar-refractivity contribution is 7.89. The number of benzene rings is 3. The van der Waals surface area contributed by atoms with Crippen molar-refractivity contribution in [3.8, 4) is 11.1 Å². The van der Waals surface area contributed by atoms with Crippen molar-refractivity contribution in [2.75, 3.05) is 13.1 Å². The lowest BCUT2D eigenvalue weighted by Gasteiger charge is -2.31. The number of fused-ring (bicyclic) bond motifs is 1. The van der Waals surface area contributed by atoms with Crippen molar-refractivity contribution < 1.29 is 8.42 Å². The highest BCUT2D eigenvalue weighted by Gasteiger charge is 2.31. The molecule has 0 atom stereocenters. The Kier molecular flexibility index (Phi) is 6.32. The molecule has 0 bridgehead atoms. The highest BCUT2D eigenvalue weighted by Crippen LogP contribution is 2.36. The van der Waals surface area contributed by atoms with Crippen LogP contribution in [0.4, 0.5) is 0 Å². The number of sulfonamides is 1. The molecule has 4 nitrogen and oxygen atoms in total. The molecule has 3 aromatic carbocycles. The monoisotopic (exact) mass is 486 g/mol. The van der Waals surface area contributed by atoms with E-state index in [4.69, 9.17) is 0 Å². The van der Waals surface area contributed by atoms with Crippen LogP contribution in [0, 0.1) is 0 Å². The van der Waals surface area contributed by atoms with Crippen LogP contribution < -0.4 is 0 Å². The number of piperidine rings is 1. The van der Waals surface area contributed by atoms with Crippen molar-refractivity contribution in [1.82, 2.24) is 9.29 Å². The number of nitrogens with zero attached hydrogens (tertiary/aromatic N) is 1. The van der Waals surface area contributed by atoms with E-state index in [1.54, 1.807) is 16.4 Å². The first-order valence-corrected chi connectivity index (χ1v) is 14.0. The van der Waals surface area contributed by atoms with Crippen LogP contribution in [0.15, 0.2) is 83.9 Å². The summed E-state index contributed by atoms with van der Waals surface area (Å²) < 4.78 is 28.3. The fraction of sp³-hybridized carbons (Fsp3) is 0.333. The Bertz CT molecular complexity index is 1410. The molecule has 0 saturated carbocycles. The second-order valence-electron chi connectivity index (χ2n) is 10.3. The molecule has 0 unspecified atom stereocenters. The van der Waals surface area contributed by atoms with Crippen molar-refractivity contribution in [2.24, 2.45) is 0 Å². The van der Waals surface area contributed by atoms with Crippen molar-refractivity contribution in [1.29, 1.82) is 0 Å². The number of aromatic amines is 1. The van der Waals surface area contributed by atoms with Gasteiger partial charge in [-0.1, -0.05) is 69.3 Å². The first-order valence-electron chi connectivity index (χ1n) is 12.6. The smallest absolute Gasteiger partial charge is 0.243 e. The van der Waals surface area contributed by atoms with Gasteiger partial charge < -0.3 is 4.98 Å². The number of aromatic nitrogens is 1. The van der Waals surface area contributed by atoms with Crippen LogP contribution in [0.1, 0.15) is 57.1 Å². The van der Waals surface area contributed by atoms with Crippen LogP contribution >= 0.6 is 0 Å². The molecule has 0 spiro atoms. The molecule has 1 fully saturated rings. The van der Waals surface area contributed by atoms with Gasteiger partial charge in [0.1, 0.15) is 0 Å². The molecule has 0 amide bonds. The summed E-state index contributed by atoms with van der Waals surface area (Å²) in [7, 11) is -3.48. The summed E-state index contributed by atoms with van der Waals surface area (Å²) in [6.07, 6.45) is 4.77. The molecule has 2 heterocycles. The minimum absolute atomic E-state index is 0.0420. The molecular formula is C30H34N2O2S. The molecule has 1 saturated heterocycles. The molecule has 5 heteroatoms. The molecule has 1 aliphatic heterocycles.